The van der Waals surface area contributed by atoms with E-state index >= 15 is 0 Å². The average molecular weight is 352 g/mol. The molecule has 0 radical (unpaired) electrons. The minimum absolute atomic E-state index is 0.147. The van der Waals surface area contributed by atoms with E-state index in [9.17, 15) is 19.8 Å². The van der Waals surface area contributed by atoms with Crippen molar-refractivity contribution < 1.29 is 24.2 Å². The Morgan fingerprint density at radius 3 is 1.76 bits per heavy atom. The quantitative estimate of drug-likeness (QED) is 0.419. The van der Waals surface area contributed by atoms with Crippen molar-refractivity contribution in [2.75, 3.05) is 0 Å². The molecule has 0 aromatic carbocycles. The summed E-state index contributed by atoms with van der Waals surface area (Å²) in [5.41, 5.74) is 0.448. The predicted molar refractivity (Wildman–Crippen MR) is 97.6 cm³/mol. The minimum atomic E-state index is -1.30. The van der Waals surface area contributed by atoms with Crippen molar-refractivity contribution in [3.8, 4) is 0 Å². The first kappa shape index (κ1) is 21.3. The molecule has 1 rings (SSSR count). The van der Waals surface area contributed by atoms with E-state index in [1.165, 1.54) is 12.8 Å². The molecule has 0 amide bonds. The fourth-order valence-corrected chi connectivity index (χ4v) is 3.15. The molecule has 25 heavy (non-hydrogen) atoms. The first-order chi connectivity index (χ1) is 12.0. The molecule has 2 N–H and O–H groups in total. The van der Waals surface area contributed by atoms with Crippen LogP contribution in [0.25, 0.3) is 0 Å². The van der Waals surface area contributed by atoms with Crippen LogP contribution in [0.2, 0.25) is 0 Å². The van der Waals surface area contributed by atoms with Crippen LogP contribution >= 0.6 is 0 Å². The predicted octanol–water partition coefficient (Wildman–Crippen LogP) is 5.70. The molecular formula is C20H32O5. The van der Waals surface area contributed by atoms with E-state index in [1.807, 2.05) is 0 Å². The highest BCUT2D eigenvalue weighted by atomic mass is 16.4. The van der Waals surface area contributed by atoms with Gasteiger partial charge in [0, 0.05) is 12.0 Å². The highest BCUT2D eigenvalue weighted by Crippen LogP contribution is 2.27. The Bertz CT molecular complexity index is 545. The number of aryl methyl sites for hydroxylation is 1. The lowest BCUT2D eigenvalue weighted by Gasteiger charge is -2.05. The van der Waals surface area contributed by atoms with E-state index in [0.29, 0.717) is 24.2 Å². The van der Waals surface area contributed by atoms with Crippen LogP contribution in [-0.2, 0) is 12.8 Å². The molecule has 0 aliphatic carbocycles. The summed E-state index contributed by atoms with van der Waals surface area (Å²) >= 11 is 0. The van der Waals surface area contributed by atoms with Gasteiger partial charge in [0.15, 0.2) is 0 Å². The van der Waals surface area contributed by atoms with Gasteiger partial charge in [0.25, 0.3) is 0 Å². The highest BCUT2D eigenvalue weighted by molar-refractivity contribution is 6.01. The molecule has 0 spiro atoms. The fourth-order valence-electron chi connectivity index (χ4n) is 3.15. The Morgan fingerprint density at radius 1 is 0.760 bits per heavy atom. The van der Waals surface area contributed by atoms with E-state index in [4.69, 9.17) is 4.42 Å². The van der Waals surface area contributed by atoms with E-state index in [0.717, 1.165) is 51.4 Å². The summed E-state index contributed by atoms with van der Waals surface area (Å²) in [6, 6.07) is 0. The van der Waals surface area contributed by atoms with Gasteiger partial charge in [0.1, 0.15) is 11.3 Å². The highest BCUT2D eigenvalue weighted by Gasteiger charge is 2.28. The molecule has 1 heterocycles. The summed E-state index contributed by atoms with van der Waals surface area (Å²) in [6.07, 6.45) is 11.9. The zero-order valence-electron chi connectivity index (χ0n) is 15.6. The van der Waals surface area contributed by atoms with Crippen LogP contribution in [-0.4, -0.2) is 22.2 Å². The molecule has 5 heteroatoms. The zero-order valence-corrected chi connectivity index (χ0v) is 15.6. The number of furan rings is 1. The number of unbranched alkanes of at least 4 members (excludes halogenated alkanes) is 8. The van der Waals surface area contributed by atoms with Crippen molar-refractivity contribution in [1.29, 1.82) is 0 Å². The van der Waals surface area contributed by atoms with Crippen molar-refractivity contribution in [3.63, 3.8) is 0 Å². The largest absolute Gasteiger partial charge is 0.478 e. The van der Waals surface area contributed by atoms with Crippen molar-refractivity contribution in [2.24, 2.45) is 0 Å². The van der Waals surface area contributed by atoms with Crippen LogP contribution in [0.3, 0.4) is 0 Å². The summed E-state index contributed by atoms with van der Waals surface area (Å²) in [5.74, 6) is -2.37. The molecule has 5 nitrogen and oxygen atoms in total. The molecule has 1 aromatic heterocycles. The Kier molecular flexibility index (Phi) is 9.97. The lowest BCUT2D eigenvalue weighted by Crippen LogP contribution is -2.07. The molecular weight excluding hydrogens is 320 g/mol. The maximum absolute atomic E-state index is 11.6. The first-order valence-electron chi connectivity index (χ1n) is 9.64. The van der Waals surface area contributed by atoms with E-state index < -0.39 is 17.7 Å². The van der Waals surface area contributed by atoms with E-state index in [2.05, 4.69) is 13.8 Å². The Balaban J connectivity index is 2.85. The second-order valence-corrected chi connectivity index (χ2v) is 6.65. The number of carboxylic acid groups (broad SMARTS) is 2. The molecule has 0 unspecified atom stereocenters. The van der Waals surface area contributed by atoms with Gasteiger partial charge in [-0.1, -0.05) is 65.2 Å². The number of rotatable bonds is 14. The van der Waals surface area contributed by atoms with Crippen molar-refractivity contribution in [3.05, 3.63) is 22.6 Å². The number of carboxylic acids is 2. The van der Waals surface area contributed by atoms with Gasteiger partial charge in [-0.25, -0.2) is 9.59 Å². The van der Waals surface area contributed by atoms with Gasteiger partial charge in [-0.05, 0) is 19.3 Å². The SMILES string of the molecule is CCCCCCCc1oc(C(=O)O)c(C(=O)O)c1CCCCCCC. The van der Waals surface area contributed by atoms with Crippen molar-refractivity contribution in [2.45, 2.75) is 90.9 Å². The van der Waals surface area contributed by atoms with Gasteiger partial charge in [0.05, 0.1) is 0 Å². The smallest absolute Gasteiger partial charge is 0.372 e. The fraction of sp³-hybridized carbons (Fsp3) is 0.700. The zero-order chi connectivity index (χ0) is 18.7. The van der Waals surface area contributed by atoms with Gasteiger partial charge in [-0.15, -0.1) is 0 Å². The monoisotopic (exact) mass is 352 g/mol. The number of aromatic carboxylic acids is 2. The van der Waals surface area contributed by atoms with Gasteiger partial charge in [0.2, 0.25) is 5.76 Å². The normalized spacial score (nSPS) is 11.0. The summed E-state index contributed by atoms with van der Waals surface area (Å²) in [4.78, 5) is 23.0. The maximum Gasteiger partial charge on any atom is 0.372 e. The van der Waals surface area contributed by atoms with Crippen LogP contribution < -0.4 is 0 Å². The Morgan fingerprint density at radius 2 is 1.28 bits per heavy atom. The van der Waals surface area contributed by atoms with Crippen LogP contribution in [0.1, 0.15) is 110 Å². The van der Waals surface area contributed by atoms with E-state index in [1.54, 1.807) is 0 Å². The molecule has 0 saturated heterocycles. The topological polar surface area (TPSA) is 87.7 Å². The number of hydrogen-bond donors (Lipinski definition) is 2. The lowest BCUT2D eigenvalue weighted by molar-refractivity contribution is 0.0624. The average Bonchev–Trinajstić information content (AvgIpc) is 2.93. The van der Waals surface area contributed by atoms with Crippen LogP contribution in [0.15, 0.2) is 4.42 Å². The molecule has 0 aliphatic rings. The third kappa shape index (κ3) is 6.92. The van der Waals surface area contributed by atoms with Gasteiger partial charge >= 0.3 is 11.9 Å². The standard InChI is InChI=1S/C20H32O5/c1-3-5-7-9-11-13-15-16(14-12-10-8-6-4-2)25-18(20(23)24)17(15)19(21)22/h3-14H2,1-2H3,(H,21,22)(H,23,24). The molecule has 0 aliphatic heterocycles. The third-order valence-electron chi connectivity index (χ3n) is 4.54. The van der Waals surface area contributed by atoms with E-state index in [-0.39, 0.29) is 5.56 Å². The summed E-state index contributed by atoms with van der Waals surface area (Å²) in [6.45, 7) is 4.30. The molecule has 0 atom stereocenters. The van der Waals surface area contributed by atoms with Crippen molar-refractivity contribution in [1.82, 2.24) is 0 Å². The Hall–Kier alpha value is -1.78. The van der Waals surface area contributed by atoms with Crippen LogP contribution in [0.4, 0.5) is 0 Å². The Labute approximate surface area is 150 Å². The van der Waals surface area contributed by atoms with Crippen LogP contribution in [0.5, 0.6) is 0 Å². The molecule has 142 valence electrons. The first-order valence-corrected chi connectivity index (χ1v) is 9.64. The third-order valence-corrected chi connectivity index (χ3v) is 4.54. The maximum atomic E-state index is 11.6. The molecule has 1 aromatic rings. The number of hydrogen-bond acceptors (Lipinski definition) is 3. The molecule has 0 bridgehead atoms. The van der Waals surface area contributed by atoms with Crippen LogP contribution in [0, 0.1) is 0 Å². The van der Waals surface area contributed by atoms with Crippen molar-refractivity contribution >= 4 is 11.9 Å². The lowest BCUT2D eigenvalue weighted by atomic mass is 9.98. The molecule has 0 fully saturated rings. The summed E-state index contributed by atoms with van der Waals surface area (Å²) in [7, 11) is 0. The van der Waals surface area contributed by atoms with Gasteiger partial charge < -0.3 is 14.6 Å². The number of carbonyl (C=O) groups is 2. The summed E-state index contributed by atoms with van der Waals surface area (Å²) < 4.78 is 5.47. The second kappa shape index (κ2) is 11.7. The molecule has 0 saturated carbocycles. The van der Waals surface area contributed by atoms with Gasteiger partial charge in [-0.2, -0.15) is 0 Å². The minimum Gasteiger partial charge on any atom is -0.478 e. The summed E-state index contributed by atoms with van der Waals surface area (Å²) in [5, 5.41) is 18.7. The second-order valence-electron chi connectivity index (χ2n) is 6.65. The van der Waals surface area contributed by atoms with Gasteiger partial charge in [-0.3, -0.25) is 0 Å².